The molecule has 0 unspecified atom stereocenters. The molecule has 0 saturated carbocycles. The zero-order valence-corrected chi connectivity index (χ0v) is 14.8. The van der Waals surface area contributed by atoms with E-state index < -0.39 is 0 Å². The van der Waals surface area contributed by atoms with Crippen LogP contribution in [0.15, 0.2) is 67.0 Å². The van der Waals surface area contributed by atoms with Gasteiger partial charge in [0.05, 0.1) is 12.7 Å². The second-order valence-corrected chi connectivity index (χ2v) is 6.95. The summed E-state index contributed by atoms with van der Waals surface area (Å²) in [5.74, 6) is 0.467. The third kappa shape index (κ3) is 3.85. The summed E-state index contributed by atoms with van der Waals surface area (Å²) in [7, 11) is 0. The summed E-state index contributed by atoms with van der Waals surface area (Å²) in [4.78, 5) is 12.3. The van der Waals surface area contributed by atoms with Crippen LogP contribution in [0.5, 0.6) is 0 Å². The smallest absolute Gasteiger partial charge is 0.220 e. The van der Waals surface area contributed by atoms with Gasteiger partial charge in [0.1, 0.15) is 0 Å². The maximum absolute atomic E-state index is 12.3. The summed E-state index contributed by atoms with van der Waals surface area (Å²) in [6.45, 7) is 1.27. The van der Waals surface area contributed by atoms with Gasteiger partial charge < -0.3 is 5.32 Å². The maximum Gasteiger partial charge on any atom is 0.220 e. The first-order chi connectivity index (χ1) is 12.8. The Morgan fingerprint density at radius 1 is 1.08 bits per heavy atom. The third-order valence-electron chi connectivity index (χ3n) is 5.05. The zero-order chi connectivity index (χ0) is 17.8. The van der Waals surface area contributed by atoms with Crippen LogP contribution in [0.2, 0.25) is 0 Å². The molecule has 4 heteroatoms. The third-order valence-corrected chi connectivity index (χ3v) is 5.05. The number of carbonyl (C=O) groups excluding carboxylic acids is 1. The number of fused-ring (bicyclic) bond motifs is 1. The number of rotatable bonds is 6. The van der Waals surface area contributed by atoms with Crippen molar-refractivity contribution in [2.45, 2.75) is 38.3 Å². The minimum absolute atomic E-state index is 0.113. The van der Waals surface area contributed by atoms with Crippen molar-refractivity contribution < 1.29 is 4.79 Å². The summed E-state index contributed by atoms with van der Waals surface area (Å²) in [5.41, 5.74) is 4.98. The van der Waals surface area contributed by atoms with E-state index in [0.29, 0.717) is 18.9 Å². The number of nitrogens with one attached hydrogen (secondary N) is 1. The van der Waals surface area contributed by atoms with Crippen molar-refractivity contribution in [2.24, 2.45) is 0 Å². The molecule has 1 amide bonds. The first-order valence-electron chi connectivity index (χ1n) is 9.18. The number of aryl methyl sites for hydroxylation is 1. The Morgan fingerprint density at radius 2 is 1.88 bits per heavy atom. The largest absolute Gasteiger partial charge is 0.352 e. The molecular formula is C22H23N3O. The molecule has 0 spiro atoms. The van der Waals surface area contributed by atoms with Crippen LogP contribution in [0.1, 0.15) is 41.0 Å². The molecule has 0 saturated heterocycles. The van der Waals surface area contributed by atoms with Gasteiger partial charge in [0, 0.05) is 24.7 Å². The van der Waals surface area contributed by atoms with Crippen molar-refractivity contribution in [1.82, 2.24) is 15.1 Å². The molecule has 0 bridgehead atoms. The van der Waals surface area contributed by atoms with Crippen LogP contribution >= 0.6 is 0 Å². The Morgan fingerprint density at radius 3 is 2.77 bits per heavy atom. The Labute approximate surface area is 153 Å². The van der Waals surface area contributed by atoms with Crippen LogP contribution in [0.25, 0.3) is 0 Å². The van der Waals surface area contributed by atoms with E-state index in [-0.39, 0.29) is 5.91 Å². The molecule has 3 aromatic rings. The highest BCUT2D eigenvalue weighted by Gasteiger charge is 2.24. The van der Waals surface area contributed by atoms with Crippen molar-refractivity contribution in [1.29, 1.82) is 0 Å². The summed E-state index contributed by atoms with van der Waals surface area (Å²) in [6, 6.07) is 18.7. The number of benzene rings is 2. The number of amides is 1. The van der Waals surface area contributed by atoms with Gasteiger partial charge in [-0.15, -0.1) is 0 Å². The Balaban J connectivity index is 1.29. The summed E-state index contributed by atoms with van der Waals surface area (Å²) >= 11 is 0. The van der Waals surface area contributed by atoms with E-state index in [1.54, 1.807) is 0 Å². The second-order valence-electron chi connectivity index (χ2n) is 6.95. The Kier molecular flexibility index (Phi) is 4.82. The molecule has 26 heavy (non-hydrogen) atoms. The highest BCUT2D eigenvalue weighted by molar-refractivity contribution is 5.77. The van der Waals surface area contributed by atoms with Crippen LogP contribution in [0.3, 0.4) is 0 Å². The van der Waals surface area contributed by atoms with Gasteiger partial charge in [-0.1, -0.05) is 54.6 Å². The molecule has 2 aromatic carbocycles. The van der Waals surface area contributed by atoms with Gasteiger partial charge in [-0.05, 0) is 35.4 Å². The van der Waals surface area contributed by atoms with E-state index in [4.69, 9.17) is 0 Å². The summed E-state index contributed by atoms with van der Waals surface area (Å²) in [6.07, 6.45) is 6.55. The lowest BCUT2D eigenvalue weighted by Crippen LogP contribution is -2.24. The van der Waals surface area contributed by atoms with E-state index in [1.165, 1.54) is 16.7 Å². The van der Waals surface area contributed by atoms with Gasteiger partial charge in [-0.3, -0.25) is 9.48 Å². The first-order valence-corrected chi connectivity index (χ1v) is 9.18. The first kappa shape index (κ1) is 16.6. The molecule has 4 rings (SSSR count). The molecule has 132 valence electrons. The quantitative estimate of drug-likeness (QED) is 0.741. The predicted molar refractivity (Wildman–Crippen MR) is 102 cm³/mol. The number of aromatic nitrogens is 2. The minimum atomic E-state index is 0.113. The number of hydrogen-bond donors (Lipinski definition) is 1. The SMILES string of the molecule is O=C(C[C@@H]1CCc2ccccc21)NCc1cnn(Cc2ccccc2)c1. The monoisotopic (exact) mass is 345 g/mol. The molecule has 1 atom stereocenters. The van der Waals surface area contributed by atoms with E-state index >= 15 is 0 Å². The fourth-order valence-corrected chi connectivity index (χ4v) is 3.71. The van der Waals surface area contributed by atoms with Crippen LogP contribution in [-0.2, 0) is 24.3 Å². The average Bonchev–Trinajstić information content (AvgIpc) is 3.28. The van der Waals surface area contributed by atoms with Gasteiger partial charge in [0.15, 0.2) is 0 Å². The van der Waals surface area contributed by atoms with Crippen molar-refractivity contribution in [3.63, 3.8) is 0 Å². The second kappa shape index (κ2) is 7.56. The highest BCUT2D eigenvalue weighted by Crippen LogP contribution is 2.35. The molecule has 4 nitrogen and oxygen atoms in total. The maximum atomic E-state index is 12.3. The van der Waals surface area contributed by atoms with Gasteiger partial charge in [-0.2, -0.15) is 5.10 Å². The van der Waals surface area contributed by atoms with Crippen LogP contribution in [0.4, 0.5) is 0 Å². The Hall–Kier alpha value is -2.88. The van der Waals surface area contributed by atoms with Gasteiger partial charge in [0.25, 0.3) is 0 Å². The summed E-state index contributed by atoms with van der Waals surface area (Å²) < 4.78 is 1.91. The lowest BCUT2D eigenvalue weighted by molar-refractivity contribution is -0.121. The number of hydrogen-bond acceptors (Lipinski definition) is 2. The van der Waals surface area contributed by atoms with Crippen molar-refractivity contribution in [3.05, 3.63) is 89.2 Å². The molecule has 0 radical (unpaired) electrons. The summed E-state index contributed by atoms with van der Waals surface area (Å²) in [5, 5.41) is 7.43. The molecule has 0 fully saturated rings. The Bertz CT molecular complexity index is 885. The topological polar surface area (TPSA) is 46.9 Å². The normalized spacial score (nSPS) is 15.6. The molecule has 1 aromatic heterocycles. The van der Waals surface area contributed by atoms with Crippen molar-refractivity contribution in [3.8, 4) is 0 Å². The predicted octanol–water partition coefficient (Wildman–Crippen LogP) is 3.67. The van der Waals surface area contributed by atoms with Crippen LogP contribution < -0.4 is 5.32 Å². The molecule has 1 aliphatic rings. The molecule has 1 aliphatic carbocycles. The standard InChI is InChI=1S/C22H23N3O/c26-22(12-20-11-10-19-8-4-5-9-21(19)20)23-13-18-14-24-25(16-18)15-17-6-2-1-3-7-17/h1-9,14,16,20H,10-13,15H2,(H,23,26)/t20-/m0/s1. The van der Waals surface area contributed by atoms with E-state index in [2.05, 4.69) is 46.8 Å². The minimum Gasteiger partial charge on any atom is -0.352 e. The lowest BCUT2D eigenvalue weighted by atomic mass is 9.97. The number of carbonyl (C=O) groups is 1. The van der Waals surface area contributed by atoms with Crippen LogP contribution in [0, 0.1) is 0 Å². The highest BCUT2D eigenvalue weighted by atomic mass is 16.1. The lowest BCUT2D eigenvalue weighted by Gasteiger charge is -2.11. The molecule has 1 N–H and O–H groups in total. The van der Waals surface area contributed by atoms with E-state index in [9.17, 15) is 4.79 Å². The van der Waals surface area contributed by atoms with E-state index in [0.717, 1.165) is 24.9 Å². The van der Waals surface area contributed by atoms with Crippen molar-refractivity contribution in [2.75, 3.05) is 0 Å². The van der Waals surface area contributed by atoms with Crippen molar-refractivity contribution >= 4 is 5.91 Å². The molecular weight excluding hydrogens is 322 g/mol. The van der Waals surface area contributed by atoms with Gasteiger partial charge in [0.2, 0.25) is 5.91 Å². The van der Waals surface area contributed by atoms with Crippen LogP contribution in [-0.4, -0.2) is 15.7 Å². The van der Waals surface area contributed by atoms with Gasteiger partial charge in [-0.25, -0.2) is 0 Å². The molecule has 0 aliphatic heterocycles. The zero-order valence-electron chi connectivity index (χ0n) is 14.8. The van der Waals surface area contributed by atoms with E-state index in [1.807, 2.05) is 35.3 Å². The number of nitrogens with zero attached hydrogens (tertiary/aromatic N) is 2. The van der Waals surface area contributed by atoms with Gasteiger partial charge >= 0.3 is 0 Å². The fourth-order valence-electron chi connectivity index (χ4n) is 3.71. The fraction of sp³-hybridized carbons (Fsp3) is 0.273. The molecule has 1 heterocycles. The average molecular weight is 345 g/mol.